The highest BCUT2D eigenvalue weighted by Crippen LogP contribution is 2.31. The summed E-state index contributed by atoms with van der Waals surface area (Å²) in [4.78, 5) is 13.5. The van der Waals surface area contributed by atoms with Crippen LogP contribution in [-0.2, 0) is 4.79 Å². The van der Waals surface area contributed by atoms with Crippen molar-refractivity contribution in [3.05, 3.63) is 53.6 Å². The number of ether oxygens (including phenoxy) is 1. The molecule has 0 aromatic heterocycles. The standard InChI is InChI=1S/C20H23ClN2O2/c1-15(24)23-13-4-5-17(12-14-23)22-19-6-2-3-7-20(19)25-18-10-8-16(21)9-11-18/h2-3,6-11,17,22H,4-5,12-14H2,1H3. The number of carbonyl (C=O) groups excluding carboxylic acids is 1. The highest BCUT2D eigenvalue weighted by atomic mass is 35.5. The summed E-state index contributed by atoms with van der Waals surface area (Å²) in [5.74, 6) is 1.70. The molecule has 4 nitrogen and oxygen atoms in total. The smallest absolute Gasteiger partial charge is 0.219 e. The van der Waals surface area contributed by atoms with Gasteiger partial charge in [-0.15, -0.1) is 0 Å². The first-order chi connectivity index (χ1) is 12.1. The molecule has 5 heteroatoms. The third-order valence-corrected chi connectivity index (χ3v) is 4.71. The Hall–Kier alpha value is -2.20. The predicted molar refractivity (Wildman–Crippen MR) is 101 cm³/mol. The first kappa shape index (κ1) is 17.6. The van der Waals surface area contributed by atoms with E-state index in [1.165, 1.54) is 0 Å². The van der Waals surface area contributed by atoms with E-state index in [4.69, 9.17) is 16.3 Å². The third kappa shape index (κ3) is 4.89. The third-order valence-electron chi connectivity index (χ3n) is 4.46. The van der Waals surface area contributed by atoms with Crippen molar-refractivity contribution in [2.45, 2.75) is 32.2 Å². The molecule has 0 saturated carbocycles. The molecule has 132 valence electrons. The van der Waals surface area contributed by atoms with Crippen LogP contribution in [0, 0.1) is 0 Å². The van der Waals surface area contributed by atoms with Crippen molar-refractivity contribution in [3.63, 3.8) is 0 Å². The number of anilines is 1. The number of carbonyl (C=O) groups is 1. The monoisotopic (exact) mass is 358 g/mol. The van der Waals surface area contributed by atoms with E-state index in [1.54, 1.807) is 6.92 Å². The summed E-state index contributed by atoms with van der Waals surface area (Å²) in [6.07, 6.45) is 2.99. The van der Waals surface area contributed by atoms with Gasteiger partial charge in [0.05, 0.1) is 5.69 Å². The molecule has 1 heterocycles. The maximum atomic E-state index is 11.6. The second-order valence-corrected chi connectivity index (χ2v) is 6.77. The van der Waals surface area contributed by atoms with E-state index >= 15 is 0 Å². The van der Waals surface area contributed by atoms with Gasteiger partial charge in [0.25, 0.3) is 0 Å². The van der Waals surface area contributed by atoms with Gasteiger partial charge in [-0.05, 0) is 55.7 Å². The van der Waals surface area contributed by atoms with Crippen molar-refractivity contribution in [2.75, 3.05) is 18.4 Å². The number of para-hydroxylation sites is 2. The topological polar surface area (TPSA) is 41.6 Å². The second kappa shape index (κ2) is 8.26. The maximum absolute atomic E-state index is 11.6. The van der Waals surface area contributed by atoms with Crippen LogP contribution in [0.5, 0.6) is 11.5 Å². The van der Waals surface area contributed by atoms with Gasteiger partial charge in [-0.2, -0.15) is 0 Å². The van der Waals surface area contributed by atoms with Crippen molar-refractivity contribution in [3.8, 4) is 11.5 Å². The quantitative estimate of drug-likeness (QED) is 0.841. The van der Waals surface area contributed by atoms with Crippen molar-refractivity contribution in [1.82, 2.24) is 4.90 Å². The molecule has 2 aromatic rings. The van der Waals surface area contributed by atoms with E-state index in [-0.39, 0.29) is 5.91 Å². The van der Waals surface area contributed by atoms with Gasteiger partial charge in [0.15, 0.2) is 5.75 Å². The molecule has 1 atom stereocenters. The van der Waals surface area contributed by atoms with Crippen LogP contribution in [0.1, 0.15) is 26.2 Å². The van der Waals surface area contributed by atoms with Crippen LogP contribution in [-0.4, -0.2) is 29.9 Å². The van der Waals surface area contributed by atoms with Gasteiger partial charge in [0.1, 0.15) is 5.75 Å². The first-order valence-corrected chi connectivity index (χ1v) is 9.04. The van der Waals surface area contributed by atoms with E-state index in [2.05, 4.69) is 5.32 Å². The molecule has 0 aliphatic carbocycles. The van der Waals surface area contributed by atoms with E-state index in [0.29, 0.717) is 11.1 Å². The molecule has 1 amide bonds. The number of likely N-dealkylation sites (tertiary alicyclic amines) is 1. The largest absolute Gasteiger partial charge is 0.455 e. The lowest BCUT2D eigenvalue weighted by molar-refractivity contribution is -0.128. The molecule has 0 radical (unpaired) electrons. The Balaban J connectivity index is 1.68. The Morgan fingerprint density at radius 3 is 2.64 bits per heavy atom. The number of amides is 1. The van der Waals surface area contributed by atoms with Crippen LogP contribution in [0.3, 0.4) is 0 Å². The van der Waals surface area contributed by atoms with Gasteiger partial charge in [-0.1, -0.05) is 23.7 Å². The average Bonchev–Trinajstić information content (AvgIpc) is 2.84. The number of nitrogens with zero attached hydrogens (tertiary/aromatic N) is 1. The van der Waals surface area contributed by atoms with Crippen molar-refractivity contribution >= 4 is 23.2 Å². The molecule has 0 spiro atoms. The summed E-state index contributed by atoms with van der Waals surface area (Å²) in [6.45, 7) is 3.28. The summed E-state index contributed by atoms with van der Waals surface area (Å²) in [5, 5.41) is 4.28. The summed E-state index contributed by atoms with van der Waals surface area (Å²) in [6, 6.07) is 15.6. The van der Waals surface area contributed by atoms with Gasteiger partial charge in [-0.25, -0.2) is 0 Å². The lowest BCUT2D eigenvalue weighted by Gasteiger charge is -2.21. The Morgan fingerprint density at radius 2 is 1.88 bits per heavy atom. The fourth-order valence-electron chi connectivity index (χ4n) is 3.08. The van der Waals surface area contributed by atoms with Crippen molar-refractivity contribution < 1.29 is 9.53 Å². The number of halogens is 1. The van der Waals surface area contributed by atoms with Gasteiger partial charge in [0.2, 0.25) is 5.91 Å². The van der Waals surface area contributed by atoms with E-state index in [0.717, 1.165) is 49.5 Å². The molecule has 1 aliphatic rings. The van der Waals surface area contributed by atoms with Gasteiger partial charge in [0, 0.05) is 31.1 Å². The Labute approximate surface area is 153 Å². The van der Waals surface area contributed by atoms with Crippen molar-refractivity contribution in [1.29, 1.82) is 0 Å². The first-order valence-electron chi connectivity index (χ1n) is 8.66. The maximum Gasteiger partial charge on any atom is 0.219 e. The zero-order valence-electron chi connectivity index (χ0n) is 14.4. The number of rotatable bonds is 4. The number of benzene rings is 2. The van der Waals surface area contributed by atoms with Crippen LogP contribution in [0.2, 0.25) is 5.02 Å². The lowest BCUT2D eigenvalue weighted by atomic mass is 10.1. The minimum absolute atomic E-state index is 0.159. The molecule has 1 saturated heterocycles. The minimum Gasteiger partial charge on any atom is -0.455 e. The Kier molecular flexibility index (Phi) is 5.82. The zero-order chi connectivity index (χ0) is 17.6. The second-order valence-electron chi connectivity index (χ2n) is 6.33. The molecule has 0 bridgehead atoms. The van der Waals surface area contributed by atoms with Crippen LogP contribution in [0.4, 0.5) is 5.69 Å². The molecular formula is C20H23ClN2O2. The SMILES string of the molecule is CC(=O)N1CCCC(Nc2ccccc2Oc2ccc(Cl)cc2)CC1. The van der Waals surface area contributed by atoms with Gasteiger partial charge in [-0.3, -0.25) is 4.79 Å². The minimum atomic E-state index is 0.159. The van der Waals surface area contributed by atoms with Crippen molar-refractivity contribution in [2.24, 2.45) is 0 Å². The normalized spacial score (nSPS) is 17.7. The Bertz CT molecular complexity index is 718. The van der Waals surface area contributed by atoms with E-state index < -0.39 is 0 Å². The summed E-state index contributed by atoms with van der Waals surface area (Å²) in [5.41, 5.74) is 0.971. The highest BCUT2D eigenvalue weighted by molar-refractivity contribution is 6.30. The number of hydrogen-bond acceptors (Lipinski definition) is 3. The molecular weight excluding hydrogens is 336 g/mol. The number of hydrogen-bond donors (Lipinski definition) is 1. The molecule has 25 heavy (non-hydrogen) atoms. The number of nitrogens with one attached hydrogen (secondary N) is 1. The molecule has 1 fully saturated rings. The fourth-order valence-corrected chi connectivity index (χ4v) is 3.21. The van der Waals surface area contributed by atoms with Crippen LogP contribution >= 0.6 is 11.6 Å². The summed E-state index contributed by atoms with van der Waals surface area (Å²) in [7, 11) is 0. The lowest BCUT2D eigenvalue weighted by Crippen LogP contribution is -2.30. The van der Waals surface area contributed by atoms with Crippen LogP contribution in [0.25, 0.3) is 0 Å². The van der Waals surface area contributed by atoms with Gasteiger partial charge < -0.3 is 15.0 Å². The molecule has 1 aliphatic heterocycles. The predicted octanol–water partition coefficient (Wildman–Crippen LogP) is 4.95. The molecule has 3 rings (SSSR count). The highest BCUT2D eigenvalue weighted by Gasteiger charge is 2.19. The Morgan fingerprint density at radius 1 is 1.12 bits per heavy atom. The molecule has 1 unspecified atom stereocenters. The molecule has 2 aromatic carbocycles. The van der Waals surface area contributed by atoms with Gasteiger partial charge >= 0.3 is 0 Å². The fraction of sp³-hybridized carbons (Fsp3) is 0.350. The van der Waals surface area contributed by atoms with E-state index in [9.17, 15) is 4.79 Å². The molecule has 1 N–H and O–H groups in total. The summed E-state index contributed by atoms with van der Waals surface area (Å²) >= 11 is 5.93. The average molecular weight is 359 g/mol. The zero-order valence-corrected chi connectivity index (χ0v) is 15.1. The van der Waals surface area contributed by atoms with Crippen LogP contribution < -0.4 is 10.1 Å². The van der Waals surface area contributed by atoms with E-state index in [1.807, 2.05) is 53.4 Å². The van der Waals surface area contributed by atoms with Crippen LogP contribution in [0.15, 0.2) is 48.5 Å². The summed E-state index contributed by atoms with van der Waals surface area (Å²) < 4.78 is 6.01.